The first-order valence-electron chi connectivity index (χ1n) is 0. The van der Waals surface area contributed by atoms with Gasteiger partial charge in [-0.05, 0) is 0 Å². The molecule has 30 valence electrons. The quantitative estimate of drug-likeness (QED) is 0.218. The van der Waals surface area contributed by atoms with Crippen LogP contribution in [0.5, 0.6) is 0 Å². The van der Waals surface area contributed by atoms with Crippen LogP contribution in [0.3, 0.4) is 0 Å². The Morgan fingerprint density at radius 3 is 0.333 bits per heavy atom. The first-order chi connectivity index (χ1) is 0. The van der Waals surface area contributed by atoms with E-state index in [9.17, 15) is 0 Å². The molecule has 6 heavy (non-hydrogen) atoms. The molecule has 0 unspecified atom stereocenters. The van der Waals surface area contributed by atoms with Gasteiger partial charge in [0.1, 0.15) is 0 Å². The van der Waals surface area contributed by atoms with Crippen molar-refractivity contribution < 1.29 is 71.9 Å². The Morgan fingerprint density at radius 2 is 0.333 bits per heavy atom. The third-order valence-corrected chi connectivity index (χ3v) is 0. The molecule has 0 aliphatic carbocycles. The fourth-order valence-electron chi connectivity index (χ4n) is 0. The minimum absolute atomic E-state index is 0. The minimum Gasteiger partial charge on any atom is -1.00 e. The molecule has 0 saturated carbocycles. The Kier molecular flexibility index (Phi) is 247. The standard InChI is InChI=1S/3HI.3In/h3*1H;;;/q;;;3*+1/p-3. The van der Waals surface area contributed by atoms with Crippen LogP contribution in [0.15, 0.2) is 0 Å². The molecule has 0 amide bonds. The normalized spacial score (nSPS) is 0. The predicted molar refractivity (Wildman–Crippen MR) is 17.3 cm³/mol. The second kappa shape index (κ2) is 32.9. The van der Waals surface area contributed by atoms with Gasteiger partial charge >= 0.3 is 77.5 Å². The van der Waals surface area contributed by atoms with Crippen molar-refractivity contribution in [3.05, 3.63) is 0 Å². The molecule has 6 radical (unpaired) electrons. The molecule has 0 spiro atoms. The molecule has 0 bridgehead atoms. The summed E-state index contributed by atoms with van der Waals surface area (Å²) in [5.74, 6) is 0. The van der Waals surface area contributed by atoms with Gasteiger partial charge in [0.15, 0.2) is 0 Å². The van der Waals surface area contributed by atoms with Crippen molar-refractivity contribution in [1.29, 1.82) is 0 Å². The molecule has 0 aromatic rings. The Morgan fingerprint density at radius 1 is 0.333 bits per heavy atom. The number of hydrogen-bond donors (Lipinski definition) is 0. The summed E-state index contributed by atoms with van der Waals surface area (Å²) in [4.78, 5) is 0. The summed E-state index contributed by atoms with van der Waals surface area (Å²) in [5, 5.41) is 0. The van der Waals surface area contributed by atoms with Gasteiger partial charge in [-0.15, -0.1) is 0 Å². The molecule has 6 heteroatoms. The monoisotopic (exact) mass is 725 g/mol. The van der Waals surface area contributed by atoms with Gasteiger partial charge in [-0.25, -0.2) is 0 Å². The van der Waals surface area contributed by atoms with Gasteiger partial charge in [-0.3, -0.25) is 0 Å². The van der Waals surface area contributed by atoms with E-state index >= 15 is 0 Å². The summed E-state index contributed by atoms with van der Waals surface area (Å²) < 4.78 is 0. The van der Waals surface area contributed by atoms with Gasteiger partial charge in [0.25, 0.3) is 0 Å². The van der Waals surface area contributed by atoms with Crippen LogP contribution in [0.2, 0.25) is 0 Å². The van der Waals surface area contributed by atoms with Crippen molar-refractivity contribution in [2.24, 2.45) is 0 Å². The van der Waals surface area contributed by atoms with Crippen molar-refractivity contribution in [3.8, 4) is 0 Å². The van der Waals surface area contributed by atoms with Crippen LogP contribution in [0, 0.1) is 0 Å². The topological polar surface area (TPSA) is 0 Å². The van der Waals surface area contributed by atoms with Crippen molar-refractivity contribution in [3.63, 3.8) is 0 Å². The zero-order valence-electron chi connectivity index (χ0n) is 2.87. The van der Waals surface area contributed by atoms with E-state index in [2.05, 4.69) is 0 Å². The Labute approximate surface area is 146 Å². The van der Waals surface area contributed by atoms with Crippen LogP contribution < -0.4 is 71.9 Å². The SMILES string of the molecule is [I-].[I-].[I-].[In+].[In+].[In+]. The zero-order chi connectivity index (χ0) is 0. The molecule has 0 atom stereocenters. The Hall–Kier alpha value is 4.80. The van der Waals surface area contributed by atoms with Crippen LogP contribution in [-0.2, 0) is 0 Å². The Bertz CT molecular complexity index is 6.00. The summed E-state index contributed by atoms with van der Waals surface area (Å²) in [5.41, 5.74) is 0. The van der Waals surface area contributed by atoms with Gasteiger partial charge in [-0.2, -0.15) is 0 Å². The zero-order valence-corrected chi connectivity index (χ0v) is 19.2. The van der Waals surface area contributed by atoms with Crippen molar-refractivity contribution in [2.75, 3.05) is 0 Å². The molecule has 0 rings (SSSR count). The van der Waals surface area contributed by atoms with Gasteiger partial charge in [0, 0.05) is 0 Å². The first kappa shape index (κ1) is 45.0. The molecule has 0 N–H and O–H groups in total. The van der Waals surface area contributed by atoms with Crippen LogP contribution >= 0.6 is 0 Å². The fraction of sp³-hybridized carbons (Fsp3) is 0. The van der Waals surface area contributed by atoms with E-state index in [1.165, 1.54) is 0 Å². The molecular weight excluding hydrogens is 725 g/mol. The molecular formula is I3In3. The van der Waals surface area contributed by atoms with Crippen LogP contribution in [0.1, 0.15) is 0 Å². The van der Waals surface area contributed by atoms with Crippen LogP contribution in [-0.4, -0.2) is 77.5 Å². The maximum atomic E-state index is 0. The molecule has 0 aliphatic heterocycles. The fourth-order valence-corrected chi connectivity index (χ4v) is 0. The van der Waals surface area contributed by atoms with Crippen LogP contribution in [0.4, 0.5) is 0 Å². The second-order valence-corrected chi connectivity index (χ2v) is 0. The number of halogens is 3. The maximum Gasteiger partial charge on any atom is 1.00 e. The third-order valence-electron chi connectivity index (χ3n) is 0. The average molecular weight is 725 g/mol. The molecule has 0 aromatic heterocycles. The average Bonchev–Trinajstić information content (AvgIpc) is 0. The summed E-state index contributed by atoms with van der Waals surface area (Å²) in [7, 11) is 0. The predicted octanol–water partition coefficient (Wildman–Crippen LogP) is -10.1. The third kappa shape index (κ3) is 23.2. The number of rotatable bonds is 0. The second-order valence-electron chi connectivity index (χ2n) is 0. The van der Waals surface area contributed by atoms with E-state index < -0.39 is 0 Å². The number of hydrogen-bond acceptors (Lipinski definition) is 0. The molecule has 0 saturated heterocycles. The van der Waals surface area contributed by atoms with Crippen molar-refractivity contribution >= 4 is 77.5 Å². The van der Waals surface area contributed by atoms with E-state index in [0.717, 1.165) is 0 Å². The van der Waals surface area contributed by atoms with E-state index in [4.69, 9.17) is 0 Å². The maximum absolute atomic E-state index is 0. The van der Waals surface area contributed by atoms with Crippen LogP contribution in [0.25, 0.3) is 0 Å². The van der Waals surface area contributed by atoms with E-state index in [0.29, 0.717) is 0 Å². The molecule has 0 aromatic carbocycles. The van der Waals surface area contributed by atoms with Gasteiger partial charge in [-0.1, -0.05) is 0 Å². The van der Waals surface area contributed by atoms with Crippen molar-refractivity contribution in [2.45, 2.75) is 0 Å². The molecule has 0 heterocycles. The molecule has 0 aliphatic rings. The minimum atomic E-state index is 0. The molecule has 0 fully saturated rings. The summed E-state index contributed by atoms with van der Waals surface area (Å²) in [6, 6.07) is 0. The van der Waals surface area contributed by atoms with Gasteiger partial charge in [0.05, 0.1) is 0 Å². The van der Waals surface area contributed by atoms with E-state index in [1.807, 2.05) is 0 Å². The summed E-state index contributed by atoms with van der Waals surface area (Å²) in [6.45, 7) is 0. The summed E-state index contributed by atoms with van der Waals surface area (Å²) in [6.07, 6.45) is 0. The first-order valence-corrected chi connectivity index (χ1v) is 0. The summed E-state index contributed by atoms with van der Waals surface area (Å²) >= 11 is 0. The Balaban J connectivity index is 0. The molecule has 0 nitrogen and oxygen atoms in total. The van der Waals surface area contributed by atoms with E-state index in [-0.39, 0.29) is 149 Å². The van der Waals surface area contributed by atoms with Gasteiger partial charge in [0.2, 0.25) is 0 Å². The van der Waals surface area contributed by atoms with Crippen molar-refractivity contribution in [1.82, 2.24) is 0 Å². The van der Waals surface area contributed by atoms with E-state index in [1.54, 1.807) is 0 Å². The smallest absolute Gasteiger partial charge is 1.00 e. The largest absolute Gasteiger partial charge is 1.00 e. The van der Waals surface area contributed by atoms with Gasteiger partial charge < -0.3 is 71.9 Å².